The molecule has 0 radical (unpaired) electrons. The number of pyridine rings is 1. The van der Waals surface area contributed by atoms with Crippen LogP contribution >= 0.6 is 12.6 Å². The summed E-state index contributed by atoms with van der Waals surface area (Å²) in [5.74, 6) is -0.383. The van der Waals surface area contributed by atoms with E-state index in [4.69, 9.17) is 0 Å². The Morgan fingerprint density at radius 1 is 1.13 bits per heavy atom. The molecule has 31 heavy (non-hydrogen) atoms. The second-order valence-corrected chi connectivity index (χ2v) is 7.06. The molecule has 2 N–H and O–H groups in total. The second kappa shape index (κ2) is 7.58. The quantitative estimate of drug-likeness (QED) is 0.408. The number of anilines is 1. The highest BCUT2D eigenvalue weighted by Gasteiger charge is 2.33. The summed E-state index contributed by atoms with van der Waals surface area (Å²) in [6, 6.07) is 11.2. The number of carbonyl (C=O) groups excluding carboxylic acids is 2. The monoisotopic (exact) mass is 445 g/mol. The number of aromatic amines is 1. The van der Waals surface area contributed by atoms with Gasteiger partial charge in [-0.3, -0.25) is 14.3 Å². The van der Waals surface area contributed by atoms with Crippen LogP contribution in [0.1, 0.15) is 26.5 Å². The summed E-state index contributed by atoms with van der Waals surface area (Å²) >= 11 is 3.68. The molecule has 0 saturated carbocycles. The minimum atomic E-state index is -4.50. The molecule has 0 atom stereocenters. The van der Waals surface area contributed by atoms with Gasteiger partial charge in [0.2, 0.25) is 5.12 Å². The predicted molar refractivity (Wildman–Crippen MR) is 111 cm³/mol. The SMILES string of the molecule is Cn1nc(C(=O)S)cc1C(=O)Nc1ccc2cc(-c3ccccc3C(F)(F)F)[nH]c2n1. The van der Waals surface area contributed by atoms with Gasteiger partial charge in [0.1, 0.15) is 22.9 Å². The first kappa shape index (κ1) is 20.7. The largest absolute Gasteiger partial charge is 0.417 e. The van der Waals surface area contributed by atoms with E-state index in [1.165, 1.54) is 42.1 Å². The molecule has 0 bridgehead atoms. The molecular formula is C20H14F3N5O2S. The molecule has 3 heterocycles. The molecule has 0 aliphatic heterocycles. The summed E-state index contributed by atoms with van der Waals surface area (Å²) in [5, 5.41) is 6.48. The summed E-state index contributed by atoms with van der Waals surface area (Å²) in [7, 11) is 1.50. The Labute approximate surface area is 178 Å². The van der Waals surface area contributed by atoms with Crippen molar-refractivity contribution in [3.05, 3.63) is 65.5 Å². The molecule has 0 fully saturated rings. The number of aryl methyl sites for hydroxylation is 1. The molecule has 7 nitrogen and oxygen atoms in total. The molecule has 0 spiro atoms. The lowest BCUT2D eigenvalue weighted by molar-refractivity contribution is -0.137. The van der Waals surface area contributed by atoms with Crippen LogP contribution in [0, 0.1) is 0 Å². The van der Waals surface area contributed by atoms with E-state index in [0.29, 0.717) is 11.0 Å². The first-order valence-electron chi connectivity index (χ1n) is 8.88. The number of nitrogens with zero attached hydrogens (tertiary/aromatic N) is 3. The normalized spacial score (nSPS) is 11.6. The number of H-pyrrole nitrogens is 1. The molecule has 1 amide bonds. The number of nitrogens with one attached hydrogen (secondary N) is 2. The van der Waals surface area contributed by atoms with Gasteiger partial charge in [0, 0.05) is 29.8 Å². The van der Waals surface area contributed by atoms with Crippen molar-refractivity contribution >= 4 is 40.5 Å². The van der Waals surface area contributed by atoms with Crippen LogP contribution in [0.4, 0.5) is 19.0 Å². The first-order chi connectivity index (χ1) is 14.6. The van der Waals surface area contributed by atoms with E-state index in [0.717, 1.165) is 6.07 Å². The van der Waals surface area contributed by atoms with Crippen LogP contribution in [-0.4, -0.2) is 30.8 Å². The summed E-state index contributed by atoms with van der Waals surface area (Å²) in [5.41, 5.74) is -0.0657. The fourth-order valence-corrected chi connectivity index (χ4v) is 3.26. The number of hydrogen-bond donors (Lipinski definition) is 3. The van der Waals surface area contributed by atoms with Gasteiger partial charge in [0.05, 0.1) is 5.56 Å². The van der Waals surface area contributed by atoms with Gasteiger partial charge in [-0.2, -0.15) is 18.3 Å². The highest BCUT2D eigenvalue weighted by atomic mass is 32.1. The third-order valence-electron chi connectivity index (χ3n) is 4.58. The van der Waals surface area contributed by atoms with Gasteiger partial charge >= 0.3 is 6.18 Å². The van der Waals surface area contributed by atoms with Crippen LogP contribution in [0.3, 0.4) is 0 Å². The van der Waals surface area contributed by atoms with Gasteiger partial charge in [0.25, 0.3) is 5.91 Å². The molecule has 3 aromatic heterocycles. The Bertz CT molecular complexity index is 1330. The van der Waals surface area contributed by atoms with Crippen molar-refractivity contribution in [2.75, 3.05) is 5.32 Å². The van der Waals surface area contributed by atoms with E-state index in [9.17, 15) is 22.8 Å². The number of rotatable bonds is 4. The van der Waals surface area contributed by atoms with Crippen molar-refractivity contribution in [1.82, 2.24) is 19.7 Å². The zero-order valence-corrected chi connectivity index (χ0v) is 16.8. The van der Waals surface area contributed by atoms with Crippen LogP contribution in [0.2, 0.25) is 0 Å². The number of amides is 1. The number of halogens is 3. The van der Waals surface area contributed by atoms with Gasteiger partial charge in [-0.15, -0.1) is 0 Å². The van der Waals surface area contributed by atoms with E-state index in [1.54, 1.807) is 12.1 Å². The highest BCUT2D eigenvalue weighted by Crippen LogP contribution is 2.37. The van der Waals surface area contributed by atoms with Gasteiger partial charge in [-0.25, -0.2) is 4.98 Å². The molecule has 158 valence electrons. The number of aromatic nitrogens is 4. The lowest BCUT2D eigenvalue weighted by atomic mass is 10.0. The average Bonchev–Trinajstić information content (AvgIpc) is 3.30. The molecule has 0 aliphatic carbocycles. The van der Waals surface area contributed by atoms with Gasteiger partial charge in [-0.05, 0) is 24.3 Å². The summed E-state index contributed by atoms with van der Waals surface area (Å²) in [6.07, 6.45) is -4.50. The van der Waals surface area contributed by atoms with E-state index in [1.807, 2.05) is 0 Å². The van der Waals surface area contributed by atoms with E-state index in [2.05, 4.69) is 33.0 Å². The van der Waals surface area contributed by atoms with E-state index >= 15 is 0 Å². The van der Waals surface area contributed by atoms with Crippen molar-refractivity contribution in [3.8, 4) is 11.3 Å². The number of benzene rings is 1. The molecular weight excluding hydrogens is 431 g/mol. The third-order valence-corrected chi connectivity index (χ3v) is 4.80. The summed E-state index contributed by atoms with van der Waals surface area (Å²) < 4.78 is 41.2. The lowest BCUT2D eigenvalue weighted by Crippen LogP contribution is -2.16. The van der Waals surface area contributed by atoms with E-state index in [-0.39, 0.29) is 28.5 Å². The second-order valence-electron chi connectivity index (χ2n) is 6.66. The Morgan fingerprint density at radius 3 is 2.55 bits per heavy atom. The Morgan fingerprint density at radius 2 is 1.87 bits per heavy atom. The third kappa shape index (κ3) is 4.04. The average molecular weight is 445 g/mol. The summed E-state index contributed by atoms with van der Waals surface area (Å²) in [6.45, 7) is 0. The standard InChI is InChI=1S/C20H14F3N5O2S/c1-28-15(9-14(27-28)19(30)31)18(29)26-16-7-6-10-8-13(24-17(10)25-16)11-4-2-3-5-12(11)20(21,22)23/h2-9H,1H3,(H,30,31)(H2,24,25,26,29). The summed E-state index contributed by atoms with van der Waals surface area (Å²) in [4.78, 5) is 31.0. The molecule has 1 aromatic carbocycles. The zero-order valence-electron chi connectivity index (χ0n) is 15.9. The number of alkyl halides is 3. The van der Waals surface area contributed by atoms with Crippen LogP contribution in [0.25, 0.3) is 22.3 Å². The van der Waals surface area contributed by atoms with Crippen molar-refractivity contribution < 1.29 is 22.8 Å². The zero-order chi connectivity index (χ0) is 22.3. The van der Waals surface area contributed by atoms with E-state index < -0.39 is 22.8 Å². The Balaban J connectivity index is 1.65. The minimum absolute atomic E-state index is 0.00239. The minimum Gasteiger partial charge on any atom is -0.339 e. The molecule has 0 unspecified atom stereocenters. The van der Waals surface area contributed by atoms with Gasteiger partial charge in [-0.1, -0.05) is 30.8 Å². The first-order valence-corrected chi connectivity index (χ1v) is 9.33. The lowest BCUT2D eigenvalue weighted by Gasteiger charge is -2.11. The van der Waals surface area contributed by atoms with Gasteiger partial charge < -0.3 is 10.3 Å². The number of hydrogen-bond acceptors (Lipinski definition) is 4. The van der Waals surface area contributed by atoms with Crippen molar-refractivity contribution in [3.63, 3.8) is 0 Å². The molecule has 4 aromatic rings. The van der Waals surface area contributed by atoms with Crippen molar-refractivity contribution in [1.29, 1.82) is 0 Å². The molecule has 11 heteroatoms. The molecule has 0 saturated heterocycles. The maximum Gasteiger partial charge on any atom is 0.417 e. The fourth-order valence-electron chi connectivity index (χ4n) is 3.15. The fraction of sp³-hybridized carbons (Fsp3) is 0.100. The smallest absolute Gasteiger partial charge is 0.339 e. The van der Waals surface area contributed by atoms with Crippen LogP contribution in [0.15, 0.2) is 48.5 Å². The predicted octanol–water partition coefficient (Wildman–Crippen LogP) is 4.30. The number of fused-ring (bicyclic) bond motifs is 1. The van der Waals surface area contributed by atoms with Crippen LogP contribution in [-0.2, 0) is 13.2 Å². The Kier molecular flexibility index (Phi) is 5.05. The number of thiol groups is 1. The highest BCUT2D eigenvalue weighted by molar-refractivity contribution is 7.97. The molecule has 4 rings (SSSR count). The maximum atomic E-state index is 13.3. The maximum absolute atomic E-state index is 13.3. The Hall–Kier alpha value is -3.60. The van der Waals surface area contributed by atoms with Crippen LogP contribution in [0.5, 0.6) is 0 Å². The van der Waals surface area contributed by atoms with Crippen molar-refractivity contribution in [2.24, 2.45) is 7.05 Å². The topological polar surface area (TPSA) is 92.7 Å². The van der Waals surface area contributed by atoms with Crippen LogP contribution < -0.4 is 5.32 Å². The van der Waals surface area contributed by atoms with Crippen molar-refractivity contribution in [2.45, 2.75) is 6.18 Å². The van der Waals surface area contributed by atoms with Gasteiger partial charge in [0.15, 0.2) is 0 Å². The molecule has 0 aliphatic rings. The number of carbonyl (C=O) groups is 2.